The summed E-state index contributed by atoms with van der Waals surface area (Å²) in [6, 6.07) is 2.38. The van der Waals surface area contributed by atoms with Crippen molar-refractivity contribution in [2.24, 2.45) is 0 Å². The minimum atomic E-state index is -4.62. The van der Waals surface area contributed by atoms with Crippen molar-refractivity contribution < 1.29 is 37.2 Å². The van der Waals surface area contributed by atoms with Gasteiger partial charge in [-0.2, -0.15) is 13.2 Å². The van der Waals surface area contributed by atoms with Crippen LogP contribution in [0.3, 0.4) is 0 Å². The van der Waals surface area contributed by atoms with E-state index in [2.05, 4.69) is 15.5 Å². The number of aliphatic carboxylic acids is 1. The van der Waals surface area contributed by atoms with E-state index in [0.29, 0.717) is 21.1 Å². The van der Waals surface area contributed by atoms with E-state index in [1.165, 1.54) is 23.1 Å². The first-order valence-electron chi connectivity index (χ1n) is 9.21. The van der Waals surface area contributed by atoms with Crippen LogP contribution >= 0.6 is 46.2 Å². The lowest BCUT2D eigenvalue weighted by atomic mass is 10.0. The fourth-order valence-electron chi connectivity index (χ4n) is 3.12. The molecule has 0 spiro atoms. The Morgan fingerprint density at radius 1 is 1.38 bits per heavy atom. The van der Waals surface area contributed by atoms with E-state index in [4.69, 9.17) is 0 Å². The van der Waals surface area contributed by atoms with Crippen molar-refractivity contribution >= 4 is 75.2 Å². The third-order valence-electron chi connectivity index (χ3n) is 4.57. The fraction of sp³-hybridized carbons (Fsp3) is 0.353. The number of β-lactam (4-membered cyclic amide) rings is 1. The summed E-state index contributed by atoms with van der Waals surface area (Å²) in [6.45, 7) is 0. The zero-order valence-corrected chi connectivity index (χ0v) is 20.7. The van der Waals surface area contributed by atoms with Crippen LogP contribution in [0.25, 0.3) is 0 Å². The third-order valence-corrected chi connectivity index (χ3v) is 10.7. The first-order chi connectivity index (χ1) is 16.1. The summed E-state index contributed by atoms with van der Waals surface area (Å²) in [6.07, 6.45) is -4.62. The Labute approximate surface area is 209 Å². The molecule has 2 aliphatic rings. The number of carboxylic acid groups (broad SMARTS) is 1. The van der Waals surface area contributed by atoms with Crippen LogP contribution in [0.4, 0.5) is 13.2 Å². The summed E-state index contributed by atoms with van der Waals surface area (Å²) in [5.41, 5.74) is 0.0916. The summed E-state index contributed by atoms with van der Waals surface area (Å²) in [5, 5.41) is 18.7. The number of thioether (sulfide) groups is 2. The molecule has 1 fully saturated rings. The molecule has 2 amide bonds. The minimum absolute atomic E-state index is 0.00838. The lowest BCUT2D eigenvalue weighted by Gasteiger charge is -2.49. The number of hydrogen-bond donors (Lipinski definition) is 2. The van der Waals surface area contributed by atoms with Gasteiger partial charge in [-0.3, -0.25) is 14.5 Å². The first kappa shape index (κ1) is 25.3. The van der Waals surface area contributed by atoms with Crippen LogP contribution in [0.1, 0.15) is 5.01 Å². The van der Waals surface area contributed by atoms with Gasteiger partial charge in [0.15, 0.2) is 10.1 Å². The molecule has 182 valence electrons. The molecule has 0 bridgehead atoms. The summed E-state index contributed by atoms with van der Waals surface area (Å²) in [4.78, 5) is 37.9. The molecule has 0 aromatic carbocycles. The molecule has 0 radical (unpaired) electrons. The number of rotatable bonds is 8. The molecule has 0 saturated carbocycles. The van der Waals surface area contributed by atoms with Crippen LogP contribution in [-0.2, 0) is 31.7 Å². The van der Waals surface area contributed by atoms with E-state index in [0.717, 1.165) is 16.7 Å². The number of hydrogen-bond acceptors (Lipinski definition) is 10. The molecule has 1 saturated heterocycles. The van der Waals surface area contributed by atoms with Gasteiger partial charge in [0.1, 0.15) is 17.1 Å². The van der Waals surface area contributed by atoms with E-state index < -0.39 is 51.6 Å². The Kier molecular flexibility index (Phi) is 7.49. The average Bonchev–Trinajstić information content (AvgIpc) is 3.47. The SMILES string of the molecule is O=C(C[S+]([O-])c1cccs1)NC1C(=O)N2C(C(=O)O)=C(CSc3nnc(C(F)(F)F)s3)CS[C@@H]12. The number of amides is 2. The molecule has 2 aliphatic heterocycles. The molecule has 0 aliphatic carbocycles. The van der Waals surface area contributed by atoms with Crippen molar-refractivity contribution in [3.63, 3.8) is 0 Å². The van der Waals surface area contributed by atoms with Crippen LogP contribution in [-0.4, -0.2) is 71.2 Å². The lowest BCUT2D eigenvalue weighted by molar-refractivity contribution is -0.150. The van der Waals surface area contributed by atoms with Crippen LogP contribution in [0, 0.1) is 0 Å². The first-order valence-corrected chi connectivity index (χ1v) is 14.3. The maximum atomic E-state index is 12.7. The summed E-state index contributed by atoms with van der Waals surface area (Å²) in [7, 11) is 0. The number of nitrogens with zero attached hydrogens (tertiary/aromatic N) is 3. The van der Waals surface area contributed by atoms with Gasteiger partial charge in [-0.15, -0.1) is 22.0 Å². The number of halogens is 3. The number of alkyl halides is 3. The molecule has 3 atom stereocenters. The second-order valence-corrected chi connectivity index (χ2v) is 12.7. The van der Waals surface area contributed by atoms with Crippen LogP contribution in [0.5, 0.6) is 0 Å². The van der Waals surface area contributed by atoms with Gasteiger partial charge in [0.2, 0.25) is 9.22 Å². The minimum Gasteiger partial charge on any atom is -0.610 e. The molecule has 34 heavy (non-hydrogen) atoms. The van der Waals surface area contributed by atoms with E-state index in [1.54, 1.807) is 17.5 Å². The van der Waals surface area contributed by atoms with Crippen molar-refractivity contribution in [1.29, 1.82) is 0 Å². The Morgan fingerprint density at radius 3 is 2.76 bits per heavy atom. The molecule has 9 nitrogen and oxygen atoms in total. The summed E-state index contributed by atoms with van der Waals surface area (Å²) >= 11 is 2.17. The average molecular weight is 571 g/mol. The highest BCUT2D eigenvalue weighted by molar-refractivity contribution is 8.01. The molecular weight excluding hydrogens is 558 g/mol. The summed E-state index contributed by atoms with van der Waals surface area (Å²) < 4.78 is 50.8. The van der Waals surface area contributed by atoms with Gasteiger partial charge in [-0.25, -0.2) is 4.79 Å². The smallest absolute Gasteiger partial charge is 0.445 e. The maximum absolute atomic E-state index is 12.7. The third kappa shape index (κ3) is 5.23. The number of carbonyl (C=O) groups excluding carboxylic acids is 2. The quantitative estimate of drug-likeness (QED) is 0.278. The highest BCUT2D eigenvalue weighted by Crippen LogP contribution is 2.42. The van der Waals surface area contributed by atoms with Crippen molar-refractivity contribution in [1.82, 2.24) is 20.4 Å². The number of nitrogens with one attached hydrogen (secondary N) is 1. The van der Waals surface area contributed by atoms with Crippen molar-refractivity contribution in [3.05, 3.63) is 33.8 Å². The largest absolute Gasteiger partial charge is 0.610 e. The molecule has 4 rings (SSSR count). The van der Waals surface area contributed by atoms with Gasteiger partial charge in [0, 0.05) is 28.7 Å². The van der Waals surface area contributed by atoms with Crippen molar-refractivity contribution in [2.75, 3.05) is 17.3 Å². The molecule has 2 aromatic heterocycles. The lowest BCUT2D eigenvalue weighted by Crippen LogP contribution is -2.70. The molecule has 2 N–H and O–H groups in total. The van der Waals surface area contributed by atoms with Gasteiger partial charge in [-0.1, -0.05) is 34.4 Å². The van der Waals surface area contributed by atoms with Gasteiger partial charge in [0.05, 0.1) is 0 Å². The number of aromatic nitrogens is 2. The second kappa shape index (κ2) is 10.1. The second-order valence-electron chi connectivity index (χ2n) is 6.79. The number of thiophene rings is 1. The molecule has 2 unspecified atom stereocenters. The molecule has 17 heteroatoms. The van der Waals surface area contributed by atoms with Gasteiger partial charge < -0.3 is 15.0 Å². The topological polar surface area (TPSA) is 136 Å². The fourth-order valence-corrected chi connectivity index (χ4v) is 8.24. The van der Waals surface area contributed by atoms with Crippen LogP contribution in [0.15, 0.2) is 37.3 Å². The van der Waals surface area contributed by atoms with E-state index >= 15 is 0 Å². The predicted octanol–water partition coefficient (Wildman–Crippen LogP) is 2.26. The monoisotopic (exact) mass is 570 g/mol. The standard InChI is InChI=1S/C17H13F3N4O5S5/c18-17(19,20)15-22-23-16(33-15)32-5-7-4-31-13-10(12(26)24(13)11(7)14(27)28)21-8(25)6-34(29)9-2-1-3-30-9/h1-3,10,13H,4-6H2,(H,21,25)(H,27,28)/t10?,13-,34?/m0/s1. The summed E-state index contributed by atoms with van der Waals surface area (Å²) in [5.74, 6) is -2.69. The van der Waals surface area contributed by atoms with Crippen molar-refractivity contribution in [2.45, 2.75) is 26.1 Å². The number of carbonyl (C=O) groups is 3. The van der Waals surface area contributed by atoms with Gasteiger partial charge in [-0.05, 0) is 17.0 Å². The van der Waals surface area contributed by atoms with Crippen LogP contribution in [0.2, 0.25) is 0 Å². The van der Waals surface area contributed by atoms with E-state index in [9.17, 15) is 37.2 Å². The highest BCUT2D eigenvalue weighted by Gasteiger charge is 2.54. The zero-order chi connectivity index (χ0) is 24.6. The number of fused-ring (bicyclic) bond motifs is 1. The Bertz CT molecular complexity index is 1140. The zero-order valence-electron chi connectivity index (χ0n) is 16.6. The van der Waals surface area contributed by atoms with Crippen molar-refractivity contribution in [3.8, 4) is 0 Å². The van der Waals surface area contributed by atoms with E-state index in [1.807, 2.05) is 0 Å². The van der Waals surface area contributed by atoms with E-state index in [-0.39, 0.29) is 27.3 Å². The Balaban J connectivity index is 1.40. The molecule has 2 aromatic rings. The van der Waals surface area contributed by atoms with Gasteiger partial charge in [0.25, 0.3) is 11.8 Å². The number of carboxylic acids is 1. The maximum Gasteiger partial charge on any atom is 0.445 e. The Morgan fingerprint density at radius 2 is 2.15 bits per heavy atom. The molecular formula is C17H13F3N4O5S5. The Hall–Kier alpha value is -1.79. The highest BCUT2D eigenvalue weighted by atomic mass is 32.2. The van der Waals surface area contributed by atoms with Crippen LogP contribution < -0.4 is 5.32 Å². The normalized spacial score (nSPS) is 21.2. The predicted molar refractivity (Wildman–Crippen MR) is 121 cm³/mol. The molecule has 4 heterocycles. The van der Waals surface area contributed by atoms with Gasteiger partial charge >= 0.3 is 12.1 Å².